The molecular weight excluding hydrogens is 580 g/mol. The summed E-state index contributed by atoms with van der Waals surface area (Å²) >= 11 is 8.00. The zero-order chi connectivity index (χ0) is 29.9. The van der Waals surface area contributed by atoms with Crippen molar-refractivity contribution < 1.29 is 4.79 Å². The number of para-hydroxylation sites is 1. The summed E-state index contributed by atoms with van der Waals surface area (Å²) in [5, 5.41) is 10.1. The Kier molecular flexibility index (Phi) is 9.09. The van der Waals surface area contributed by atoms with Gasteiger partial charge in [0.1, 0.15) is 5.69 Å². The Morgan fingerprint density at radius 2 is 1.51 bits per heavy atom. The molecule has 0 bridgehead atoms. The molecule has 0 aliphatic heterocycles. The average molecular weight is 619 g/mol. The second-order valence-corrected chi connectivity index (χ2v) is 13.1. The molecule has 2 aliphatic carbocycles. The predicted octanol–water partition coefficient (Wildman–Crippen LogP) is 6.97. The number of halogens is 1. The number of carbonyl (C=O) groups is 1. The van der Waals surface area contributed by atoms with Gasteiger partial charge in [0.15, 0.2) is 11.0 Å². The van der Waals surface area contributed by atoms with Crippen molar-refractivity contribution in [3.63, 3.8) is 0 Å². The summed E-state index contributed by atoms with van der Waals surface area (Å²) in [4.78, 5) is 30.4. The number of amides is 1. The van der Waals surface area contributed by atoms with Crippen molar-refractivity contribution >= 4 is 29.3 Å². The van der Waals surface area contributed by atoms with Gasteiger partial charge in [-0.1, -0.05) is 92.2 Å². The van der Waals surface area contributed by atoms with Gasteiger partial charge in [-0.15, -0.1) is 10.2 Å². The zero-order valence-electron chi connectivity index (χ0n) is 24.9. The molecule has 2 fully saturated rings. The molecule has 43 heavy (non-hydrogen) atoms. The Bertz CT molecular complexity index is 1610. The fourth-order valence-corrected chi connectivity index (χ4v) is 7.85. The van der Waals surface area contributed by atoms with Crippen LogP contribution in [0.15, 0.2) is 64.5 Å². The molecule has 8 nitrogen and oxygen atoms in total. The van der Waals surface area contributed by atoms with Gasteiger partial charge < -0.3 is 4.90 Å². The van der Waals surface area contributed by atoms with E-state index in [1.54, 1.807) is 15.3 Å². The molecule has 226 valence electrons. The van der Waals surface area contributed by atoms with Gasteiger partial charge in [0.05, 0.1) is 22.2 Å². The van der Waals surface area contributed by atoms with Crippen molar-refractivity contribution in [2.75, 3.05) is 5.75 Å². The van der Waals surface area contributed by atoms with E-state index in [4.69, 9.17) is 11.6 Å². The van der Waals surface area contributed by atoms with E-state index in [1.807, 2.05) is 67.2 Å². The SMILES string of the molecule is Cc1c(-n2c(SCC(=O)N(C3CCCCC3)C3CCCCC3)nnc2-c2ccccc2Cl)c(=O)n(-c2ccccc2)n1C. The monoisotopic (exact) mass is 618 g/mol. The van der Waals surface area contributed by atoms with E-state index in [0.29, 0.717) is 39.3 Å². The standard InChI is InChI=1S/C33H39ClN6O2S/c1-23-30(32(42)40(37(23)2)26-18-10-5-11-19-26)39-31(27-20-12-13-21-28(27)34)35-36-33(39)43-22-29(41)38(24-14-6-3-7-15-24)25-16-8-4-9-17-25/h5,10-13,18-21,24-25H,3-4,6-9,14-17,22H2,1-2H3. The number of carbonyl (C=O) groups excluding carboxylic acids is 1. The van der Waals surface area contributed by atoms with Crippen LogP contribution in [0.5, 0.6) is 0 Å². The number of aromatic nitrogens is 5. The van der Waals surface area contributed by atoms with E-state index < -0.39 is 0 Å². The highest BCUT2D eigenvalue weighted by molar-refractivity contribution is 7.99. The molecule has 1 amide bonds. The van der Waals surface area contributed by atoms with E-state index in [0.717, 1.165) is 37.1 Å². The molecule has 0 unspecified atom stereocenters. The minimum Gasteiger partial charge on any atom is -0.336 e. The van der Waals surface area contributed by atoms with Gasteiger partial charge in [-0.2, -0.15) is 0 Å². The highest BCUT2D eigenvalue weighted by Crippen LogP contribution is 2.34. The largest absolute Gasteiger partial charge is 0.336 e. The Labute approximate surface area is 262 Å². The third-order valence-corrected chi connectivity index (χ3v) is 10.3. The van der Waals surface area contributed by atoms with Crippen LogP contribution >= 0.6 is 23.4 Å². The van der Waals surface area contributed by atoms with Crippen molar-refractivity contribution in [2.24, 2.45) is 7.05 Å². The summed E-state index contributed by atoms with van der Waals surface area (Å²) in [7, 11) is 1.87. The summed E-state index contributed by atoms with van der Waals surface area (Å²) in [5.74, 6) is 0.874. The van der Waals surface area contributed by atoms with E-state index in [1.165, 1.54) is 50.3 Å². The zero-order valence-corrected chi connectivity index (χ0v) is 26.5. The Morgan fingerprint density at radius 3 is 2.14 bits per heavy atom. The molecule has 2 aromatic carbocycles. The number of benzene rings is 2. The number of nitrogens with zero attached hydrogens (tertiary/aromatic N) is 6. The van der Waals surface area contributed by atoms with E-state index in [9.17, 15) is 9.59 Å². The van der Waals surface area contributed by atoms with E-state index in [2.05, 4.69) is 15.1 Å². The Hall–Kier alpha value is -3.30. The molecule has 2 aromatic heterocycles. The average Bonchev–Trinajstić information content (AvgIpc) is 3.54. The third kappa shape index (κ3) is 5.94. The molecule has 2 heterocycles. The van der Waals surface area contributed by atoms with E-state index in [-0.39, 0.29) is 17.2 Å². The first-order chi connectivity index (χ1) is 21.0. The minimum absolute atomic E-state index is 0.157. The van der Waals surface area contributed by atoms with Crippen LogP contribution in [0.1, 0.15) is 69.9 Å². The van der Waals surface area contributed by atoms with Crippen LogP contribution in [0.2, 0.25) is 5.02 Å². The first-order valence-electron chi connectivity index (χ1n) is 15.4. The van der Waals surface area contributed by atoms with Gasteiger partial charge in [0, 0.05) is 24.7 Å². The summed E-state index contributed by atoms with van der Waals surface area (Å²) in [6.07, 6.45) is 11.6. The van der Waals surface area contributed by atoms with Crippen molar-refractivity contribution in [3.8, 4) is 22.8 Å². The number of hydrogen-bond donors (Lipinski definition) is 0. The lowest BCUT2D eigenvalue weighted by Gasteiger charge is -2.41. The number of hydrogen-bond acceptors (Lipinski definition) is 5. The van der Waals surface area contributed by atoms with Crippen LogP contribution in [0, 0.1) is 6.92 Å². The van der Waals surface area contributed by atoms with Crippen molar-refractivity contribution in [1.82, 2.24) is 29.0 Å². The quantitative estimate of drug-likeness (QED) is 0.199. The van der Waals surface area contributed by atoms with Crippen LogP contribution in [0.25, 0.3) is 22.8 Å². The fourth-order valence-electron chi connectivity index (χ4n) is 6.82. The highest BCUT2D eigenvalue weighted by atomic mass is 35.5. The smallest absolute Gasteiger partial charge is 0.296 e. The van der Waals surface area contributed by atoms with Crippen molar-refractivity contribution in [3.05, 3.63) is 75.7 Å². The Morgan fingerprint density at radius 1 is 0.907 bits per heavy atom. The topological polar surface area (TPSA) is 78.0 Å². The summed E-state index contributed by atoms with van der Waals surface area (Å²) in [5.41, 5.74) is 2.43. The molecule has 0 atom stereocenters. The number of thioether (sulfide) groups is 1. The molecule has 0 N–H and O–H groups in total. The van der Waals surface area contributed by atoms with Crippen molar-refractivity contribution in [2.45, 2.75) is 88.4 Å². The molecule has 10 heteroatoms. The van der Waals surface area contributed by atoms with E-state index >= 15 is 0 Å². The second kappa shape index (κ2) is 13.1. The predicted molar refractivity (Wildman–Crippen MR) is 172 cm³/mol. The molecule has 0 radical (unpaired) electrons. The maximum atomic E-state index is 14.1. The lowest BCUT2D eigenvalue weighted by Crippen LogP contribution is -2.49. The fraction of sp³-hybridized carbons (Fsp3) is 0.455. The Balaban J connectivity index is 1.39. The molecule has 6 rings (SSSR count). The molecule has 4 aromatic rings. The maximum Gasteiger partial charge on any atom is 0.296 e. The van der Waals surface area contributed by atoms with Gasteiger partial charge in [-0.25, -0.2) is 4.68 Å². The molecule has 2 aliphatic rings. The van der Waals surface area contributed by atoms with Crippen LogP contribution in [-0.4, -0.2) is 52.8 Å². The van der Waals surface area contributed by atoms with Gasteiger partial charge in [0.2, 0.25) is 5.91 Å². The molecular formula is C33H39ClN6O2S. The first-order valence-corrected chi connectivity index (χ1v) is 16.8. The summed E-state index contributed by atoms with van der Waals surface area (Å²) in [6.45, 7) is 1.92. The lowest BCUT2D eigenvalue weighted by molar-refractivity contribution is -0.135. The maximum absolute atomic E-state index is 14.1. The summed E-state index contributed by atoms with van der Waals surface area (Å²) < 4.78 is 5.28. The molecule has 2 saturated carbocycles. The van der Waals surface area contributed by atoms with Crippen molar-refractivity contribution in [1.29, 1.82) is 0 Å². The summed E-state index contributed by atoms with van der Waals surface area (Å²) in [6, 6.07) is 17.6. The van der Waals surface area contributed by atoms with Gasteiger partial charge in [-0.05, 0) is 56.9 Å². The molecule has 0 saturated heterocycles. The van der Waals surface area contributed by atoms with Crippen LogP contribution in [-0.2, 0) is 11.8 Å². The molecule has 0 spiro atoms. The van der Waals surface area contributed by atoms with Crippen LogP contribution in [0.4, 0.5) is 0 Å². The van der Waals surface area contributed by atoms with Crippen LogP contribution in [0.3, 0.4) is 0 Å². The lowest BCUT2D eigenvalue weighted by atomic mass is 9.88. The first kappa shape index (κ1) is 29.8. The van der Waals surface area contributed by atoms with Gasteiger partial charge >= 0.3 is 0 Å². The minimum atomic E-state index is -0.196. The highest BCUT2D eigenvalue weighted by Gasteiger charge is 2.33. The van der Waals surface area contributed by atoms with Gasteiger partial charge in [-0.3, -0.25) is 18.8 Å². The normalized spacial score (nSPS) is 16.4. The third-order valence-electron chi connectivity index (χ3n) is 9.04. The second-order valence-electron chi connectivity index (χ2n) is 11.7. The van der Waals surface area contributed by atoms with Crippen LogP contribution < -0.4 is 5.56 Å². The van der Waals surface area contributed by atoms with Gasteiger partial charge in [0.25, 0.3) is 5.56 Å². The number of rotatable bonds is 8.